The monoisotopic (exact) mass is 294 g/mol. The molecule has 0 atom stereocenters. The number of phenolic OH excluding ortho intramolecular Hbond substituents is 1. The second kappa shape index (κ2) is 5.49. The number of aromatic hydroxyl groups is 1. The lowest BCUT2D eigenvalue weighted by atomic mass is 10.2. The van der Waals surface area contributed by atoms with Gasteiger partial charge in [-0.05, 0) is 18.2 Å². The number of anilines is 1. The van der Waals surface area contributed by atoms with Crippen molar-refractivity contribution in [2.24, 2.45) is 0 Å². The maximum absolute atomic E-state index is 11.8. The molecule has 0 aliphatic carbocycles. The highest BCUT2D eigenvalue weighted by atomic mass is 35.5. The summed E-state index contributed by atoms with van der Waals surface area (Å²) < 4.78 is 0. The fourth-order valence-corrected chi connectivity index (χ4v) is 1.46. The third-order valence-electron chi connectivity index (χ3n) is 2.30. The van der Waals surface area contributed by atoms with Gasteiger partial charge in [0.2, 0.25) is 0 Å². The van der Waals surface area contributed by atoms with Crippen LogP contribution in [0.1, 0.15) is 10.5 Å². The van der Waals surface area contributed by atoms with Crippen molar-refractivity contribution in [2.75, 3.05) is 5.32 Å². The number of aromatic nitrogens is 2. The molecule has 0 bridgehead atoms. The Hall–Kier alpha value is -2.74. The first-order valence-corrected chi connectivity index (χ1v) is 5.63. The van der Waals surface area contributed by atoms with Crippen molar-refractivity contribution in [2.45, 2.75) is 0 Å². The molecular weight excluding hydrogens is 288 g/mol. The Balaban J connectivity index is 2.25. The first kappa shape index (κ1) is 13.7. The van der Waals surface area contributed by atoms with Crippen LogP contribution in [0.4, 0.5) is 11.4 Å². The topological polar surface area (TPSA) is 118 Å². The van der Waals surface area contributed by atoms with Gasteiger partial charge in [0.05, 0.1) is 10.6 Å². The number of carbonyl (C=O) groups excluding carboxylic acids is 1. The molecule has 102 valence electrons. The lowest BCUT2D eigenvalue weighted by Crippen LogP contribution is -2.14. The normalized spacial score (nSPS) is 10.1. The van der Waals surface area contributed by atoms with E-state index >= 15 is 0 Å². The number of rotatable bonds is 3. The highest BCUT2D eigenvalue weighted by Gasteiger charge is 2.14. The van der Waals surface area contributed by atoms with E-state index in [-0.39, 0.29) is 28.0 Å². The Morgan fingerprint density at radius 2 is 2.05 bits per heavy atom. The van der Waals surface area contributed by atoms with E-state index in [0.29, 0.717) is 0 Å². The molecule has 1 aromatic heterocycles. The zero-order chi connectivity index (χ0) is 14.7. The van der Waals surface area contributed by atoms with Crippen molar-refractivity contribution >= 4 is 28.9 Å². The van der Waals surface area contributed by atoms with Gasteiger partial charge in [-0.15, -0.1) is 10.2 Å². The SMILES string of the molecule is O=C(Nc1cc([N+](=O)[O-])ccc1O)c1ccc(Cl)nn1. The lowest BCUT2D eigenvalue weighted by Gasteiger charge is -2.06. The summed E-state index contributed by atoms with van der Waals surface area (Å²) in [5.41, 5.74) is -0.401. The van der Waals surface area contributed by atoms with Crippen molar-refractivity contribution in [3.05, 3.63) is 51.3 Å². The molecule has 1 heterocycles. The average molecular weight is 295 g/mol. The van der Waals surface area contributed by atoms with Gasteiger partial charge in [0, 0.05) is 12.1 Å². The predicted octanol–water partition coefficient (Wildman–Crippen LogP) is 2.00. The van der Waals surface area contributed by atoms with Gasteiger partial charge in [-0.25, -0.2) is 0 Å². The number of benzene rings is 1. The van der Waals surface area contributed by atoms with Crippen molar-refractivity contribution in [3.8, 4) is 5.75 Å². The molecule has 0 aliphatic heterocycles. The van der Waals surface area contributed by atoms with E-state index in [1.165, 1.54) is 12.1 Å². The summed E-state index contributed by atoms with van der Waals surface area (Å²) in [6, 6.07) is 5.97. The maximum Gasteiger partial charge on any atom is 0.276 e. The zero-order valence-corrected chi connectivity index (χ0v) is 10.5. The quantitative estimate of drug-likeness (QED) is 0.507. The average Bonchev–Trinajstić information content (AvgIpc) is 2.41. The Kier molecular flexibility index (Phi) is 3.76. The van der Waals surface area contributed by atoms with Crippen LogP contribution in [0.2, 0.25) is 5.15 Å². The van der Waals surface area contributed by atoms with E-state index in [0.717, 1.165) is 18.2 Å². The second-order valence-electron chi connectivity index (χ2n) is 3.65. The van der Waals surface area contributed by atoms with E-state index in [2.05, 4.69) is 15.5 Å². The third-order valence-corrected chi connectivity index (χ3v) is 2.51. The highest BCUT2D eigenvalue weighted by molar-refractivity contribution is 6.29. The number of nitro benzene ring substituents is 1. The molecular formula is C11H7ClN4O4. The largest absolute Gasteiger partial charge is 0.506 e. The van der Waals surface area contributed by atoms with Crippen LogP contribution in [0.5, 0.6) is 5.75 Å². The second-order valence-corrected chi connectivity index (χ2v) is 4.04. The summed E-state index contributed by atoms with van der Waals surface area (Å²) in [6.45, 7) is 0. The van der Waals surface area contributed by atoms with E-state index < -0.39 is 10.8 Å². The van der Waals surface area contributed by atoms with Crippen LogP contribution in [-0.2, 0) is 0 Å². The van der Waals surface area contributed by atoms with Crippen molar-refractivity contribution in [3.63, 3.8) is 0 Å². The fraction of sp³-hybridized carbons (Fsp3) is 0. The van der Waals surface area contributed by atoms with Crippen LogP contribution in [-0.4, -0.2) is 26.1 Å². The van der Waals surface area contributed by atoms with Gasteiger partial charge >= 0.3 is 0 Å². The van der Waals surface area contributed by atoms with E-state index in [1.807, 2.05) is 0 Å². The molecule has 0 saturated carbocycles. The number of phenols is 1. The first-order chi connectivity index (χ1) is 9.47. The molecule has 0 saturated heterocycles. The van der Waals surface area contributed by atoms with Crippen molar-refractivity contribution < 1.29 is 14.8 Å². The van der Waals surface area contributed by atoms with Gasteiger partial charge in [0.1, 0.15) is 5.75 Å². The molecule has 20 heavy (non-hydrogen) atoms. The van der Waals surface area contributed by atoms with Crippen molar-refractivity contribution in [1.29, 1.82) is 0 Å². The summed E-state index contributed by atoms with van der Waals surface area (Å²) in [6.07, 6.45) is 0. The number of nitrogens with one attached hydrogen (secondary N) is 1. The Morgan fingerprint density at radius 3 is 2.65 bits per heavy atom. The van der Waals surface area contributed by atoms with E-state index in [9.17, 15) is 20.0 Å². The van der Waals surface area contributed by atoms with Crippen LogP contribution in [0.25, 0.3) is 0 Å². The molecule has 1 amide bonds. The first-order valence-electron chi connectivity index (χ1n) is 5.25. The molecule has 2 rings (SSSR count). The van der Waals surface area contributed by atoms with Gasteiger partial charge in [-0.2, -0.15) is 0 Å². The molecule has 2 N–H and O–H groups in total. The Labute approximate surface area is 117 Å². The van der Waals surface area contributed by atoms with Crippen LogP contribution in [0.15, 0.2) is 30.3 Å². The number of hydrogen-bond donors (Lipinski definition) is 2. The number of carbonyl (C=O) groups is 1. The van der Waals surface area contributed by atoms with Crippen LogP contribution >= 0.6 is 11.6 Å². The molecule has 0 fully saturated rings. The summed E-state index contributed by atoms with van der Waals surface area (Å²) in [4.78, 5) is 21.8. The Morgan fingerprint density at radius 1 is 1.30 bits per heavy atom. The summed E-state index contributed by atoms with van der Waals surface area (Å²) in [7, 11) is 0. The number of nitro groups is 1. The molecule has 0 radical (unpaired) electrons. The zero-order valence-electron chi connectivity index (χ0n) is 9.78. The minimum Gasteiger partial charge on any atom is -0.506 e. The summed E-state index contributed by atoms with van der Waals surface area (Å²) >= 11 is 5.54. The van der Waals surface area contributed by atoms with Crippen molar-refractivity contribution in [1.82, 2.24) is 10.2 Å². The molecule has 1 aromatic carbocycles. The summed E-state index contributed by atoms with van der Waals surface area (Å²) in [5, 5.41) is 29.7. The van der Waals surface area contributed by atoms with Gasteiger partial charge in [0.25, 0.3) is 11.6 Å². The fourth-order valence-electron chi connectivity index (χ4n) is 1.36. The number of nitrogens with zero attached hydrogens (tertiary/aromatic N) is 3. The highest BCUT2D eigenvalue weighted by Crippen LogP contribution is 2.28. The van der Waals surface area contributed by atoms with E-state index in [1.54, 1.807) is 0 Å². The van der Waals surface area contributed by atoms with Gasteiger partial charge < -0.3 is 10.4 Å². The minimum absolute atomic E-state index is 0.0414. The van der Waals surface area contributed by atoms with Gasteiger partial charge in [-0.3, -0.25) is 14.9 Å². The number of halogens is 1. The molecule has 0 aliphatic rings. The lowest BCUT2D eigenvalue weighted by molar-refractivity contribution is -0.384. The maximum atomic E-state index is 11.8. The predicted molar refractivity (Wildman–Crippen MR) is 69.8 cm³/mol. The number of amides is 1. The smallest absolute Gasteiger partial charge is 0.276 e. The van der Waals surface area contributed by atoms with Crippen LogP contribution in [0.3, 0.4) is 0 Å². The summed E-state index contributed by atoms with van der Waals surface area (Å²) in [5.74, 6) is -0.976. The number of non-ortho nitro benzene ring substituents is 1. The standard InChI is InChI=1S/C11H7ClN4O4/c12-10-4-2-7(14-15-10)11(18)13-8-5-6(16(19)20)1-3-9(8)17/h1-5,17H,(H,13,18). The van der Waals surface area contributed by atoms with E-state index in [4.69, 9.17) is 11.6 Å². The molecule has 0 spiro atoms. The van der Waals surface area contributed by atoms with Crippen LogP contribution < -0.4 is 5.32 Å². The minimum atomic E-state index is -0.676. The Bertz CT molecular complexity index is 675. The van der Waals surface area contributed by atoms with Gasteiger partial charge in [-0.1, -0.05) is 11.6 Å². The third kappa shape index (κ3) is 2.98. The van der Waals surface area contributed by atoms with Gasteiger partial charge in [0.15, 0.2) is 10.8 Å². The molecule has 0 unspecified atom stereocenters. The molecule has 8 nitrogen and oxygen atoms in total. The molecule has 9 heteroatoms. The number of hydrogen-bond acceptors (Lipinski definition) is 6. The van der Waals surface area contributed by atoms with Crippen LogP contribution in [0, 0.1) is 10.1 Å². The molecule has 2 aromatic rings.